The van der Waals surface area contributed by atoms with Crippen LogP contribution in [0.1, 0.15) is 30.4 Å². The van der Waals surface area contributed by atoms with Gasteiger partial charge in [0.1, 0.15) is 0 Å². The molecule has 0 spiro atoms. The van der Waals surface area contributed by atoms with Crippen molar-refractivity contribution in [2.24, 2.45) is 0 Å². The summed E-state index contributed by atoms with van der Waals surface area (Å²) in [6.45, 7) is 1.47. The van der Waals surface area contributed by atoms with Crippen molar-refractivity contribution in [2.45, 2.75) is 25.9 Å². The fourth-order valence-electron chi connectivity index (χ4n) is 1.90. The molecule has 0 unspecified atom stereocenters. The van der Waals surface area contributed by atoms with Crippen molar-refractivity contribution in [3.63, 3.8) is 0 Å². The second-order valence-electron chi connectivity index (χ2n) is 4.78. The number of hydrogen-bond acceptors (Lipinski definition) is 1. The fourth-order valence-corrected chi connectivity index (χ4v) is 2.09. The molecule has 0 saturated carbocycles. The summed E-state index contributed by atoms with van der Waals surface area (Å²) in [7, 11) is 0. The van der Waals surface area contributed by atoms with Crippen LogP contribution >= 0.6 is 11.6 Å². The van der Waals surface area contributed by atoms with Crippen molar-refractivity contribution in [3.8, 4) is 11.8 Å². The summed E-state index contributed by atoms with van der Waals surface area (Å²) in [5.74, 6) is 6.27. The lowest BCUT2D eigenvalue weighted by atomic mass is 10.2. The van der Waals surface area contributed by atoms with Crippen molar-refractivity contribution in [1.82, 2.24) is 0 Å². The molecule has 0 atom stereocenters. The van der Waals surface area contributed by atoms with Gasteiger partial charge >= 0.3 is 0 Å². The highest BCUT2D eigenvalue weighted by Crippen LogP contribution is 2.13. The van der Waals surface area contributed by atoms with Gasteiger partial charge in [0, 0.05) is 18.6 Å². The largest absolute Gasteiger partial charge is 0.377 e. The summed E-state index contributed by atoms with van der Waals surface area (Å²) in [5, 5.41) is 0.719. The monoisotopic (exact) mass is 298 g/mol. The Kier molecular flexibility index (Phi) is 6.88. The first-order chi connectivity index (χ1) is 10.4. The molecule has 21 heavy (non-hydrogen) atoms. The molecule has 0 aromatic heterocycles. The average molecular weight is 299 g/mol. The smallest absolute Gasteiger partial charge is 0.0716 e. The van der Waals surface area contributed by atoms with E-state index in [1.54, 1.807) is 0 Å². The molecular weight excluding hydrogens is 280 g/mol. The van der Waals surface area contributed by atoms with E-state index in [4.69, 9.17) is 16.3 Å². The second-order valence-corrected chi connectivity index (χ2v) is 5.18. The Bertz CT molecular complexity index is 596. The highest BCUT2D eigenvalue weighted by atomic mass is 35.5. The number of ether oxygens (including phenoxy) is 1. The van der Waals surface area contributed by atoms with E-state index < -0.39 is 0 Å². The molecule has 2 aromatic carbocycles. The first kappa shape index (κ1) is 15.6. The quantitative estimate of drug-likeness (QED) is 0.534. The van der Waals surface area contributed by atoms with Crippen molar-refractivity contribution in [1.29, 1.82) is 0 Å². The van der Waals surface area contributed by atoms with Crippen LogP contribution in [-0.2, 0) is 11.3 Å². The van der Waals surface area contributed by atoms with Crippen LogP contribution < -0.4 is 0 Å². The first-order valence-electron chi connectivity index (χ1n) is 7.21. The first-order valence-corrected chi connectivity index (χ1v) is 7.59. The number of rotatable bonds is 6. The highest BCUT2D eigenvalue weighted by molar-refractivity contribution is 6.31. The van der Waals surface area contributed by atoms with Crippen molar-refractivity contribution in [2.75, 3.05) is 6.61 Å². The normalized spacial score (nSPS) is 9.95. The summed E-state index contributed by atoms with van der Waals surface area (Å²) in [6, 6.07) is 17.9. The lowest BCUT2D eigenvalue weighted by Crippen LogP contribution is -1.95. The predicted octanol–water partition coefficient (Wildman–Crippen LogP) is 5.08. The Morgan fingerprint density at radius 1 is 0.905 bits per heavy atom. The van der Waals surface area contributed by atoms with E-state index in [0.717, 1.165) is 36.5 Å². The molecule has 0 fully saturated rings. The SMILES string of the molecule is Clc1ccccc1C#CCCCCOCc1ccccc1. The lowest BCUT2D eigenvalue weighted by Gasteiger charge is -2.03. The van der Waals surface area contributed by atoms with Crippen LogP contribution in [0.4, 0.5) is 0 Å². The highest BCUT2D eigenvalue weighted by Gasteiger charge is 1.93. The minimum absolute atomic E-state index is 0.687. The molecule has 2 heteroatoms. The van der Waals surface area contributed by atoms with Crippen LogP contribution in [0.5, 0.6) is 0 Å². The Hall–Kier alpha value is -1.75. The molecule has 0 aliphatic rings. The average Bonchev–Trinajstić information content (AvgIpc) is 2.52. The van der Waals surface area contributed by atoms with Crippen LogP contribution in [0, 0.1) is 11.8 Å². The van der Waals surface area contributed by atoms with Gasteiger partial charge in [-0.3, -0.25) is 0 Å². The third-order valence-corrected chi connectivity index (χ3v) is 3.38. The van der Waals surface area contributed by atoms with Gasteiger partial charge in [-0.1, -0.05) is 65.9 Å². The third-order valence-electron chi connectivity index (χ3n) is 3.05. The van der Waals surface area contributed by atoms with E-state index >= 15 is 0 Å². The van der Waals surface area contributed by atoms with Gasteiger partial charge in [0.05, 0.1) is 11.6 Å². The summed E-state index contributed by atoms with van der Waals surface area (Å²) in [6.07, 6.45) is 2.95. The maximum Gasteiger partial charge on any atom is 0.0716 e. The van der Waals surface area contributed by atoms with Crippen LogP contribution in [0.25, 0.3) is 0 Å². The van der Waals surface area contributed by atoms with Crippen LogP contribution in [0.2, 0.25) is 5.02 Å². The van der Waals surface area contributed by atoms with Gasteiger partial charge in [-0.15, -0.1) is 0 Å². The molecule has 2 rings (SSSR count). The summed E-state index contributed by atoms with van der Waals surface area (Å²) in [4.78, 5) is 0. The molecular formula is C19H19ClO. The van der Waals surface area contributed by atoms with Gasteiger partial charge in [0.25, 0.3) is 0 Å². The maximum atomic E-state index is 6.04. The molecule has 0 amide bonds. The maximum absolute atomic E-state index is 6.04. The fraction of sp³-hybridized carbons (Fsp3) is 0.263. The van der Waals surface area contributed by atoms with Gasteiger partial charge in [-0.2, -0.15) is 0 Å². The molecule has 0 aliphatic carbocycles. The Balaban J connectivity index is 1.58. The van der Waals surface area contributed by atoms with Gasteiger partial charge in [-0.05, 0) is 30.5 Å². The van der Waals surface area contributed by atoms with E-state index in [1.165, 1.54) is 5.56 Å². The minimum Gasteiger partial charge on any atom is -0.377 e. The van der Waals surface area contributed by atoms with Crippen molar-refractivity contribution >= 4 is 11.6 Å². The van der Waals surface area contributed by atoms with Crippen LogP contribution in [-0.4, -0.2) is 6.61 Å². The molecule has 1 nitrogen and oxygen atoms in total. The van der Waals surface area contributed by atoms with Crippen molar-refractivity contribution in [3.05, 3.63) is 70.7 Å². The van der Waals surface area contributed by atoms with E-state index in [-0.39, 0.29) is 0 Å². The summed E-state index contributed by atoms with van der Waals surface area (Å²) < 4.78 is 5.63. The molecule has 0 saturated heterocycles. The zero-order valence-electron chi connectivity index (χ0n) is 12.0. The lowest BCUT2D eigenvalue weighted by molar-refractivity contribution is 0.117. The minimum atomic E-state index is 0.687. The molecule has 0 radical (unpaired) electrons. The molecule has 0 bridgehead atoms. The summed E-state index contributed by atoms with van der Waals surface area (Å²) in [5.41, 5.74) is 2.12. The number of halogens is 1. The Morgan fingerprint density at radius 3 is 2.48 bits per heavy atom. The second kappa shape index (κ2) is 9.23. The van der Waals surface area contributed by atoms with Gasteiger partial charge in [0.2, 0.25) is 0 Å². The molecule has 0 aliphatic heterocycles. The molecule has 2 aromatic rings. The van der Waals surface area contributed by atoms with Gasteiger partial charge in [0.15, 0.2) is 0 Å². The van der Waals surface area contributed by atoms with E-state index in [2.05, 4.69) is 24.0 Å². The Morgan fingerprint density at radius 2 is 1.67 bits per heavy atom. The topological polar surface area (TPSA) is 9.23 Å². The zero-order chi connectivity index (χ0) is 14.8. The van der Waals surface area contributed by atoms with E-state index in [9.17, 15) is 0 Å². The standard InChI is InChI=1S/C19H19ClO/c20-19-14-8-7-13-18(19)12-6-1-2-9-15-21-16-17-10-4-3-5-11-17/h3-5,7-8,10-11,13-14H,1-2,9,15-16H2. The third kappa shape index (κ3) is 6.04. The Labute approximate surface area is 131 Å². The van der Waals surface area contributed by atoms with E-state index in [0.29, 0.717) is 6.61 Å². The number of unbranched alkanes of at least 4 members (excludes halogenated alkanes) is 2. The van der Waals surface area contributed by atoms with Gasteiger partial charge < -0.3 is 4.74 Å². The number of benzene rings is 2. The molecule has 0 N–H and O–H groups in total. The zero-order valence-corrected chi connectivity index (χ0v) is 12.8. The summed E-state index contributed by atoms with van der Waals surface area (Å²) >= 11 is 6.04. The predicted molar refractivity (Wildman–Crippen MR) is 88.3 cm³/mol. The van der Waals surface area contributed by atoms with E-state index in [1.807, 2.05) is 42.5 Å². The van der Waals surface area contributed by atoms with Crippen molar-refractivity contribution < 1.29 is 4.74 Å². The van der Waals surface area contributed by atoms with Gasteiger partial charge in [-0.25, -0.2) is 0 Å². The number of hydrogen-bond donors (Lipinski definition) is 0. The molecule has 0 heterocycles. The van der Waals surface area contributed by atoms with Crippen LogP contribution in [0.15, 0.2) is 54.6 Å². The van der Waals surface area contributed by atoms with Crippen LogP contribution in [0.3, 0.4) is 0 Å². The molecule has 108 valence electrons.